The Morgan fingerprint density at radius 1 is 1.32 bits per heavy atom. The molecule has 3 aromatic heterocycles. The fraction of sp³-hybridized carbons (Fsp3) is 0.429. The highest BCUT2D eigenvalue weighted by atomic mass is 19.4. The molecule has 164 valence electrons. The Kier molecular flexibility index (Phi) is 5.10. The van der Waals surface area contributed by atoms with Gasteiger partial charge in [-0.3, -0.25) is 9.59 Å². The van der Waals surface area contributed by atoms with Crippen molar-refractivity contribution in [3.05, 3.63) is 56.8 Å². The number of aromatic nitrogens is 4. The number of aromatic amines is 1. The van der Waals surface area contributed by atoms with E-state index in [-0.39, 0.29) is 23.2 Å². The van der Waals surface area contributed by atoms with E-state index in [0.717, 1.165) is 24.6 Å². The van der Waals surface area contributed by atoms with Gasteiger partial charge in [0.05, 0.1) is 22.7 Å². The zero-order chi connectivity index (χ0) is 22.5. The monoisotopic (exact) mass is 433 g/mol. The molecular weight excluding hydrogens is 411 g/mol. The molecule has 3 aromatic rings. The normalized spacial score (nSPS) is 14.4. The van der Waals surface area contributed by atoms with Crippen LogP contribution in [0.25, 0.3) is 11.0 Å². The highest BCUT2D eigenvalue weighted by molar-refractivity contribution is 6.05. The molecule has 0 atom stereocenters. The smallest absolute Gasteiger partial charge is 0.348 e. The zero-order valence-electron chi connectivity index (χ0n) is 17.3. The van der Waals surface area contributed by atoms with Crippen molar-refractivity contribution in [3.8, 4) is 0 Å². The highest BCUT2D eigenvalue weighted by Crippen LogP contribution is 2.40. The molecule has 1 aliphatic rings. The maximum absolute atomic E-state index is 13.4. The summed E-state index contributed by atoms with van der Waals surface area (Å²) in [4.78, 5) is 32.2. The molecule has 10 heteroatoms. The molecule has 1 fully saturated rings. The van der Waals surface area contributed by atoms with Crippen molar-refractivity contribution >= 4 is 16.9 Å². The van der Waals surface area contributed by atoms with Crippen LogP contribution in [-0.4, -0.2) is 25.7 Å². The number of H-pyrrole nitrogens is 1. The van der Waals surface area contributed by atoms with E-state index in [1.807, 2.05) is 13.8 Å². The summed E-state index contributed by atoms with van der Waals surface area (Å²) in [6.45, 7) is 4.71. The maximum Gasteiger partial charge on any atom is 0.417 e. The predicted octanol–water partition coefficient (Wildman–Crippen LogP) is 3.84. The molecular formula is C21H22F3N5O2. The summed E-state index contributed by atoms with van der Waals surface area (Å²) in [5, 5.41) is 7.32. The minimum atomic E-state index is -4.71. The molecule has 0 unspecified atom stereocenters. The Labute approximate surface area is 175 Å². The molecule has 31 heavy (non-hydrogen) atoms. The molecule has 4 rings (SSSR count). The number of alkyl halides is 3. The van der Waals surface area contributed by atoms with Crippen molar-refractivity contribution < 1.29 is 18.0 Å². The number of nitrogens with one attached hydrogen (secondary N) is 2. The number of fused-ring (bicyclic) bond motifs is 1. The highest BCUT2D eigenvalue weighted by Gasteiger charge is 2.35. The first-order chi connectivity index (χ1) is 14.6. The van der Waals surface area contributed by atoms with E-state index in [9.17, 15) is 22.8 Å². The quantitative estimate of drug-likeness (QED) is 0.640. The average molecular weight is 433 g/mol. The van der Waals surface area contributed by atoms with Crippen molar-refractivity contribution in [1.29, 1.82) is 0 Å². The van der Waals surface area contributed by atoms with Crippen molar-refractivity contribution in [2.75, 3.05) is 0 Å². The van der Waals surface area contributed by atoms with E-state index in [4.69, 9.17) is 0 Å². The number of nitrogens with zero attached hydrogens (tertiary/aromatic N) is 3. The SMILES string of the molecule is Cc1cc(C(F)(F)F)c(CNC(=O)c2cc(C3CC3)nc3c2cnn3C(C)C)c(=O)[nH]1. The van der Waals surface area contributed by atoms with E-state index in [2.05, 4.69) is 20.4 Å². The number of hydrogen-bond donors (Lipinski definition) is 2. The first kappa shape index (κ1) is 21.1. The Morgan fingerprint density at radius 2 is 2.03 bits per heavy atom. The lowest BCUT2D eigenvalue weighted by Crippen LogP contribution is -2.30. The molecule has 0 spiro atoms. The zero-order valence-corrected chi connectivity index (χ0v) is 17.3. The third kappa shape index (κ3) is 4.06. The summed E-state index contributed by atoms with van der Waals surface area (Å²) in [5.41, 5.74) is -0.747. The molecule has 0 aromatic carbocycles. The van der Waals surface area contributed by atoms with Gasteiger partial charge in [-0.2, -0.15) is 18.3 Å². The van der Waals surface area contributed by atoms with Gasteiger partial charge >= 0.3 is 6.18 Å². The van der Waals surface area contributed by atoms with Gasteiger partial charge in [-0.05, 0) is 45.7 Å². The Morgan fingerprint density at radius 3 is 2.65 bits per heavy atom. The van der Waals surface area contributed by atoms with E-state index in [1.54, 1.807) is 10.7 Å². The molecule has 1 saturated carbocycles. The molecule has 3 heterocycles. The standard InChI is InChI=1S/C21H22F3N5O2/c1-10(2)29-18-14(9-26-29)13(7-17(28-18)12-4-5-12)19(30)25-8-15-16(21(22,23)24)6-11(3)27-20(15)31/h6-7,9-10,12H,4-5,8H2,1-3H3,(H,25,30)(H,27,31). The molecule has 7 nitrogen and oxygen atoms in total. The number of aryl methyl sites for hydroxylation is 1. The molecule has 0 radical (unpaired) electrons. The van der Waals surface area contributed by atoms with E-state index in [0.29, 0.717) is 11.0 Å². The average Bonchev–Trinajstić information content (AvgIpc) is 3.43. The van der Waals surface area contributed by atoms with E-state index >= 15 is 0 Å². The number of halogens is 3. The van der Waals surface area contributed by atoms with Gasteiger partial charge < -0.3 is 10.3 Å². The summed E-state index contributed by atoms with van der Waals surface area (Å²) in [7, 11) is 0. The van der Waals surface area contributed by atoms with Crippen molar-refractivity contribution in [2.24, 2.45) is 0 Å². The predicted molar refractivity (Wildman–Crippen MR) is 108 cm³/mol. The van der Waals surface area contributed by atoms with Crippen molar-refractivity contribution in [1.82, 2.24) is 25.1 Å². The lowest BCUT2D eigenvalue weighted by Gasteiger charge is -2.14. The minimum absolute atomic E-state index is 0.0239. The van der Waals surface area contributed by atoms with Crippen LogP contribution in [0.5, 0.6) is 0 Å². The largest absolute Gasteiger partial charge is 0.417 e. The van der Waals surface area contributed by atoms with Gasteiger partial charge in [0.15, 0.2) is 5.65 Å². The number of carbonyl (C=O) groups excluding carboxylic acids is 1. The number of carbonyl (C=O) groups is 1. The summed E-state index contributed by atoms with van der Waals surface area (Å²) in [5.74, 6) is -0.311. The van der Waals surface area contributed by atoms with Crippen LogP contribution < -0.4 is 10.9 Å². The van der Waals surface area contributed by atoms with Crippen LogP contribution in [-0.2, 0) is 12.7 Å². The second kappa shape index (κ2) is 7.51. The summed E-state index contributed by atoms with van der Waals surface area (Å²) in [6, 6.07) is 2.56. The van der Waals surface area contributed by atoms with Gasteiger partial charge in [-0.15, -0.1) is 0 Å². The second-order valence-electron chi connectivity index (χ2n) is 8.14. The Bertz CT molecular complexity index is 1220. The molecule has 1 amide bonds. The Balaban J connectivity index is 1.70. The number of pyridine rings is 2. The van der Waals surface area contributed by atoms with Crippen LogP contribution >= 0.6 is 0 Å². The number of rotatable bonds is 5. The fourth-order valence-electron chi connectivity index (χ4n) is 3.60. The van der Waals surface area contributed by atoms with Crippen LogP contribution in [0.1, 0.15) is 71.5 Å². The van der Waals surface area contributed by atoms with Crippen LogP contribution in [0, 0.1) is 6.92 Å². The van der Waals surface area contributed by atoms with Gasteiger partial charge in [-0.25, -0.2) is 9.67 Å². The molecule has 1 aliphatic carbocycles. The summed E-state index contributed by atoms with van der Waals surface area (Å²) >= 11 is 0. The number of hydrogen-bond acceptors (Lipinski definition) is 4. The van der Waals surface area contributed by atoms with Gasteiger partial charge in [-0.1, -0.05) is 0 Å². The minimum Gasteiger partial charge on any atom is -0.348 e. The fourth-order valence-corrected chi connectivity index (χ4v) is 3.60. The molecule has 0 aliphatic heterocycles. The maximum atomic E-state index is 13.4. The van der Waals surface area contributed by atoms with Gasteiger partial charge in [0, 0.05) is 35.5 Å². The van der Waals surface area contributed by atoms with Crippen LogP contribution in [0.15, 0.2) is 23.1 Å². The van der Waals surface area contributed by atoms with E-state index in [1.165, 1.54) is 13.1 Å². The lowest BCUT2D eigenvalue weighted by molar-refractivity contribution is -0.138. The van der Waals surface area contributed by atoms with Crippen LogP contribution in [0.4, 0.5) is 13.2 Å². The van der Waals surface area contributed by atoms with Gasteiger partial charge in [0.1, 0.15) is 0 Å². The lowest BCUT2D eigenvalue weighted by atomic mass is 10.1. The third-order valence-corrected chi connectivity index (χ3v) is 5.32. The Hall–Kier alpha value is -3.17. The second-order valence-corrected chi connectivity index (χ2v) is 8.14. The first-order valence-electron chi connectivity index (χ1n) is 10.0. The molecule has 0 saturated heterocycles. The van der Waals surface area contributed by atoms with Gasteiger partial charge in [0.2, 0.25) is 0 Å². The van der Waals surface area contributed by atoms with Crippen molar-refractivity contribution in [2.45, 2.75) is 58.3 Å². The third-order valence-electron chi connectivity index (χ3n) is 5.32. The van der Waals surface area contributed by atoms with Crippen LogP contribution in [0.2, 0.25) is 0 Å². The first-order valence-corrected chi connectivity index (χ1v) is 10.0. The van der Waals surface area contributed by atoms with Crippen molar-refractivity contribution in [3.63, 3.8) is 0 Å². The molecule has 2 N–H and O–H groups in total. The van der Waals surface area contributed by atoms with Gasteiger partial charge in [0.25, 0.3) is 11.5 Å². The van der Waals surface area contributed by atoms with Crippen LogP contribution in [0.3, 0.4) is 0 Å². The summed E-state index contributed by atoms with van der Waals surface area (Å²) in [6.07, 6.45) is -1.22. The molecule has 0 bridgehead atoms. The number of amides is 1. The summed E-state index contributed by atoms with van der Waals surface area (Å²) < 4.78 is 41.9. The topological polar surface area (TPSA) is 92.7 Å². The van der Waals surface area contributed by atoms with E-state index < -0.39 is 35.3 Å².